The first-order valence-electron chi connectivity index (χ1n) is 5.90. The molecule has 0 aromatic rings. The van der Waals surface area contributed by atoms with E-state index in [1.165, 1.54) is 12.8 Å². The Morgan fingerprint density at radius 1 is 1.31 bits per heavy atom. The fourth-order valence-electron chi connectivity index (χ4n) is 1.66. The summed E-state index contributed by atoms with van der Waals surface area (Å²) < 4.78 is 0. The van der Waals surface area contributed by atoms with Crippen molar-refractivity contribution in [3.63, 3.8) is 0 Å². The molecule has 0 aromatic carbocycles. The van der Waals surface area contributed by atoms with Crippen LogP contribution in [0.15, 0.2) is 0 Å². The summed E-state index contributed by atoms with van der Waals surface area (Å²) in [5.41, 5.74) is 0. The van der Waals surface area contributed by atoms with Crippen molar-refractivity contribution in [1.29, 1.82) is 0 Å². The number of aliphatic carboxylic acids is 1. The van der Waals surface area contributed by atoms with Crippen LogP contribution in [0.25, 0.3) is 0 Å². The Kier molecular flexibility index (Phi) is 5.08. The van der Waals surface area contributed by atoms with Crippen LogP contribution in [0.5, 0.6) is 0 Å². The van der Waals surface area contributed by atoms with Crippen LogP contribution in [0.4, 0.5) is 4.79 Å². The number of carboxylic acids is 1. The molecule has 0 saturated carbocycles. The molecule has 1 saturated heterocycles. The topological polar surface area (TPSA) is 69.6 Å². The van der Waals surface area contributed by atoms with Crippen LogP contribution in [-0.4, -0.2) is 41.6 Å². The molecule has 0 spiro atoms. The molecule has 2 amide bonds. The molecule has 5 nitrogen and oxygen atoms in total. The first-order valence-corrected chi connectivity index (χ1v) is 5.90. The molecule has 2 N–H and O–H groups in total. The molecule has 1 rings (SSSR count). The molecular formula is C11H20N2O3. The minimum atomic E-state index is -0.813. The van der Waals surface area contributed by atoms with Crippen LogP contribution in [0.3, 0.4) is 0 Å². The quantitative estimate of drug-likeness (QED) is 0.673. The van der Waals surface area contributed by atoms with E-state index in [0.717, 1.165) is 12.8 Å². The number of rotatable bonds is 6. The predicted octanol–water partition coefficient (Wildman–Crippen LogP) is 1.29. The van der Waals surface area contributed by atoms with Gasteiger partial charge in [-0.15, -0.1) is 0 Å². The van der Waals surface area contributed by atoms with E-state index in [2.05, 4.69) is 12.2 Å². The molecular weight excluding hydrogens is 208 g/mol. The smallest absolute Gasteiger partial charge is 0.317 e. The summed E-state index contributed by atoms with van der Waals surface area (Å²) in [7, 11) is 0. The number of nitrogens with zero attached hydrogens (tertiary/aromatic N) is 1. The zero-order valence-corrected chi connectivity index (χ0v) is 9.74. The molecule has 16 heavy (non-hydrogen) atoms. The highest BCUT2D eigenvalue weighted by Gasteiger charge is 2.35. The van der Waals surface area contributed by atoms with E-state index >= 15 is 0 Å². The van der Waals surface area contributed by atoms with Crippen LogP contribution in [0.2, 0.25) is 0 Å². The minimum absolute atomic E-state index is 0.131. The van der Waals surface area contributed by atoms with Gasteiger partial charge < -0.3 is 15.3 Å². The van der Waals surface area contributed by atoms with Gasteiger partial charge in [-0.05, 0) is 6.42 Å². The summed E-state index contributed by atoms with van der Waals surface area (Å²) in [6.45, 7) is 3.52. The second kappa shape index (κ2) is 6.35. The Morgan fingerprint density at radius 2 is 2.00 bits per heavy atom. The Balaban J connectivity index is 2.02. The average Bonchev–Trinajstić information content (AvgIpc) is 2.14. The Labute approximate surface area is 95.8 Å². The molecule has 1 fully saturated rings. The van der Waals surface area contributed by atoms with Crippen molar-refractivity contribution in [3.8, 4) is 0 Å². The molecule has 5 heteroatoms. The van der Waals surface area contributed by atoms with E-state index < -0.39 is 5.97 Å². The maximum atomic E-state index is 11.4. The van der Waals surface area contributed by atoms with Gasteiger partial charge in [0.2, 0.25) is 0 Å². The molecule has 0 radical (unpaired) electrons. The second-order valence-corrected chi connectivity index (χ2v) is 4.23. The van der Waals surface area contributed by atoms with Crippen molar-refractivity contribution in [2.75, 3.05) is 19.6 Å². The number of carboxylic acid groups (broad SMARTS) is 1. The van der Waals surface area contributed by atoms with Crippen LogP contribution in [0.1, 0.15) is 32.6 Å². The zero-order valence-electron chi connectivity index (χ0n) is 9.74. The van der Waals surface area contributed by atoms with Crippen LogP contribution in [-0.2, 0) is 4.79 Å². The number of carbonyl (C=O) groups is 2. The van der Waals surface area contributed by atoms with Crippen molar-refractivity contribution in [1.82, 2.24) is 10.2 Å². The lowest BCUT2D eigenvalue weighted by atomic mass is 10.0. The fraction of sp³-hybridized carbons (Fsp3) is 0.818. The number of carbonyl (C=O) groups excluding carboxylic acids is 1. The van der Waals surface area contributed by atoms with E-state index in [1.807, 2.05) is 0 Å². The summed E-state index contributed by atoms with van der Waals surface area (Å²) in [4.78, 5) is 23.5. The number of hydrogen-bond donors (Lipinski definition) is 2. The highest BCUT2D eigenvalue weighted by atomic mass is 16.4. The normalized spacial score (nSPS) is 15.7. The van der Waals surface area contributed by atoms with Gasteiger partial charge in [0, 0.05) is 19.6 Å². The van der Waals surface area contributed by atoms with E-state index in [-0.39, 0.29) is 11.9 Å². The van der Waals surface area contributed by atoms with Gasteiger partial charge in [0.1, 0.15) is 0 Å². The lowest BCUT2D eigenvalue weighted by Crippen LogP contribution is -2.56. The third-order valence-electron chi connectivity index (χ3n) is 2.82. The summed E-state index contributed by atoms with van der Waals surface area (Å²) in [5.74, 6) is -1.18. The second-order valence-electron chi connectivity index (χ2n) is 4.23. The van der Waals surface area contributed by atoms with Gasteiger partial charge in [-0.1, -0.05) is 26.2 Å². The number of likely N-dealkylation sites (tertiary alicyclic amines) is 1. The molecule has 0 atom stereocenters. The molecule has 1 aliphatic heterocycles. The van der Waals surface area contributed by atoms with Gasteiger partial charge >= 0.3 is 12.0 Å². The number of hydrogen-bond acceptors (Lipinski definition) is 2. The Morgan fingerprint density at radius 3 is 2.56 bits per heavy atom. The standard InChI is InChI=1S/C11H20N2O3/c1-2-3-4-5-6-12-11(16)13-7-9(8-13)10(14)15/h9H,2-8H2,1H3,(H,12,16)(H,14,15). The van der Waals surface area contributed by atoms with E-state index in [9.17, 15) is 9.59 Å². The molecule has 0 unspecified atom stereocenters. The monoisotopic (exact) mass is 228 g/mol. The maximum absolute atomic E-state index is 11.4. The van der Waals surface area contributed by atoms with Gasteiger partial charge in [-0.2, -0.15) is 0 Å². The number of unbranched alkanes of at least 4 members (excludes halogenated alkanes) is 3. The third kappa shape index (κ3) is 3.72. The van der Waals surface area contributed by atoms with Gasteiger partial charge in [0.25, 0.3) is 0 Å². The SMILES string of the molecule is CCCCCCNC(=O)N1CC(C(=O)O)C1. The average molecular weight is 228 g/mol. The van der Waals surface area contributed by atoms with Crippen LogP contribution < -0.4 is 5.32 Å². The Hall–Kier alpha value is -1.26. The lowest BCUT2D eigenvalue weighted by Gasteiger charge is -2.36. The van der Waals surface area contributed by atoms with Crippen molar-refractivity contribution in [3.05, 3.63) is 0 Å². The first-order chi connectivity index (χ1) is 7.65. The molecule has 0 aliphatic carbocycles. The fourth-order valence-corrected chi connectivity index (χ4v) is 1.66. The van der Waals surface area contributed by atoms with Gasteiger partial charge in [0.15, 0.2) is 0 Å². The summed E-state index contributed by atoms with van der Waals surface area (Å²) in [6.07, 6.45) is 4.51. The number of amides is 2. The van der Waals surface area contributed by atoms with Gasteiger partial charge in [-0.25, -0.2) is 4.79 Å². The van der Waals surface area contributed by atoms with Crippen molar-refractivity contribution in [2.24, 2.45) is 5.92 Å². The highest BCUT2D eigenvalue weighted by molar-refractivity contribution is 5.79. The summed E-state index contributed by atoms with van der Waals surface area (Å²) >= 11 is 0. The van der Waals surface area contributed by atoms with Gasteiger partial charge in [0.05, 0.1) is 5.92 Å². The molecule has 92 valence electrons. The number of nitrogens with one attached hydrogen (secondary N) is 1. The summed E-state index contributed by atoms with van der Waals surface area (Å²) in [6, 6.07) is -0.131. The van der Waals surface area contributed by atoms with Gasteiger partial charge in [-0.3, -0.25) is 4.79 Å². The summed E-state index contributed by atoms with van der Waals surface area (Å²) in [5, 5.41) is 11.4. The zero-order chi connectivity index (χ0) is 12.0. The van der Waals surface area contributed by atoms with E-state index in [0.29, 0.717) is 19.6 Å². The minimum Gasteiger partial charge on any atom is -0.481 e. The number of urea groups is 1. The predicted molar refractivity (Wildman–Crippen MR) is 60.2 cm³/mol. The maximum Gasteiger partial charge on any atom is 0.317 e. The van der Waals surface area contributed by atoms with Crippen LogP contribution in [0, 0.1) is 5.92 Å². The van der Waals surface area contributed by atoms with Crippen LogP contribution >= 0.6 is 0 Å². The molecule has 0 aromatic heterocycles. The lowest BCUT2D eigenvalue weighted by molar-refractivity contribution is -0.146. The molecule has 1 aliphatic rings. The third-order valence-corrected chi connectivity index (χ3v) is 2.82. The first kappa shape index (κ1) is 12.8. The molecule has 0 bridgehead atoms. The highest BCUT2D eigenvalue weighted by Crippen LogP contribution is 2.15. The Bertz CT molecular complexity index is 250. The van der Waals surface area contributed by atoms with E-state index in [1.54, 1.807) is 4.90 Å². The van der Waals surface area contributed by atoms with Crippen molar-refractivity contribution < 1.29 is 14.7 Å². The van der Waals surface area contributed by atoms with Crippen molar-refractivity contribution in [2.45, 2.75) is 32.6 Å². The van der Waals surface area contributed by atoms with E-state index in [4.69, 9.17) is 5.11 Å². The van der Waals surface area contributed by atoms with Crippen molar-refractivity contribution >= 4 is 12.0 Å². The molecule has 1 heterocycles. The largest absolute Gasteiger partial charge is 0.481 e.